The normalized spacial score (nSPS) is 12.4. The van der Waals surface area contributed by atoms with Crippen molar-refractivity contribution < 1.29 is 14.3 Å². The summed E-state index contributed by atoms with van der Waals surface area (Å²) >= 11 is 5.82. The first-order valence-corrected chi connectivity index (χ1v) is 6.29. The molecule has 0 fully saturated rings. The van der Waals surface area contributed by atoms with Gasteiger partial charge < -0.3 is 10.8 Å². The summed E-state index contributed by atoms with van der Waals surface area (Å²) in [4.78, 5) is 11.1. The molecule has 0 bridgehead atoms. The fraction of sp³-hybridized carbons (Fsp3) is 0.462. The molecule has 0 aliphatic carbocycles. The van der Waals surface area contributed by atoms with Gasteiger partial charge in [-0.2, -0.15) is 0 Å². The fourth-order valence-corrected chi connectivity index (χ4v) is 2.02. The predicted octanol–water partition coefficient (Wildman–Crippen LogP) is 2.85. The standard InChI is InChI=1S/C13H17ClFNO2/c14-12-9(5-3-6-11(12)15)8-10(13(17)18)4-1-2-7-16/h3,5-6,10H,1-2,4,7-8,16H2,(H,17,18). The number of hydrogen-bond acceptors (Lipinski definition) is 2. The molecule has 1 unspecified atom stereocenters. The number of rotatable bonds is 7. The number of carboxylic acid groups (broad SMARTS) is 1. The molecule has 100 valence electrons. The Morgan fingerprint density at radius 3 is 2.78 bits per heavy atom. The molecule has 0 saturated heterocycles. The fourth-order valence-electron chi connectivity index (χ4n) is 1.82. The van der Waals surface area contributed by atoms with Crippen molar-refractivity contribution in [3.63, 3.8) is 0 Å². The zero-order valence-electron chi connectivity index (χ0n) is 10.0. The molecule has 1 aromatic carbocycles. The lowest BCUT2D eigenvalue weighted by Crippen LogP contribution is -2.17. The zero-order valence-corrected chi connectivity index (χ0v) is 10.8. The van der Waals surface area contributed by atoms with E-state index in [1.165, 1.54) is 12.1 Å². The second-order valence-electron chi connectivity index (χ2n) is 4.24. The quantitative estimate of drug-likeness (QED) is 0.751. The number of carboxylic acids is 1. The molecule has 1 rings (SSSR count). The number of halogens is 2. The summed E-state index contributed by atoms with van der Waals surface area (Å²) in [6, 6.07) is 4.45. The third-order valence-corrected chi connectivity index (χ3v) is 3.28. The summed E-state index contributed by atoms with van der Waals surface area (Å²) in [6.07, 6.45) is 2.32. The SMILES string of the molecule is NCCCCC(Cc1cccc(F)c1Cl)C(=O)O. The van der Waals surface area contributed by atoms with Gasteiger partial charge in [0.05, 0.1) is 10.9 Å². The Kier molecular flexibility index (Phi) is 6.09. The molecule has 1 atom stereocenters. The molecule has 0 aliphatic heterocycles. The Bertz CT molecular complexity index is 412. The average molecular weight is 274 g/mol. The van der Waals surface area contributed by atoms with E-state index in [-0.39, 0.29) is 11.4 Å². The van der Waals surface area contributed by atoms with E-state index in [2.05, 4.69) is 0 Å². The van der Waals surface area contributed by atoms with E-state index >= 15 is 0 Å². The number of unbranched alkanes of at least 4 members (excludes halogenated alkanes) is 1. The molecule has 5 heteroatoms. The summed E-state index contributed by atoms with van der Waals surface area (Å²) in [5.41, 5.74) is 5.91. The molecule has 0 radical (unpaired) electrons. The molecule has 3 nitrogen and oxygen atoms in total. The van der Waals surface area contributed by atoms with Crippen LogP contribution in [0.3, 0.4) is 0 Å². The summed E-state index contributed by atoms with van der Waals surface area (Å²) in [6.45, 7) is 0.549. The highest BCUT2D eigenvalue weighted by molar-refractivity contribution is 6.31. The third-order valence-electron chi connectivity index (χ3n) is 2.85. The average Bonchev–Trinajstić information content (AvgIpc) is 2.33. The van der Waals surface area contributed by atoms with Crippen LogP contribution < -0.4 is 5.73 Å². The minimum atomic E-state index is -0.882. The van der Waals surface area contributed by atoms with E-state index in [4.69, 9.17) is 22.4 Å². The number of hydrogen-bond donors (Lipinski definition) is 2. The van der Waals surface area contributed by atoms with Crippen LogP contribution in [0.4, 0.5) is 4.39 Å². The van der Waals surface area contributed by atoms with Crippen molar-refractivity contribution >= 4 is 17.6 Å². The van der Waals surface area contributed by atoms with E-state index in [1.807, 2.05) is 0 Å². The van der Waals surface area contributed by atoms with Gasteiger partial charge in [0.2, 0.25) is 0 Å². The smallest absolute Gasteiger partial charge is 0.306 e. The number of nitrogens with two attached hydrogens (primary N) is 1. The monoisotopic (exact) mass is 273 g/mol. The highest BCUT2D eigenvalue weighted by Crippen LogP contribution is 2.24. The van der Waals surface area contributed by atoms with E-state index < -0.39 is 17.7 Å². The van der Waals surface area contributed by atoms with Crippen LogP contribution in [0.1, 0.15) is 24.8 Å². The number of aliphatic carboxylic acids is 1. The van der Waals surface area contributed by atoms with Crippen LogP contribution in [0.25, 0.3) is 0 Å². The van der Waals surface area contributed by atoms with Crippen LogP contribution in [0, 0.1) is 11.7 Å². The first-order chi connectivity index (χ1) is 8.56. The van der Waals surface area contributed by atoms with E-state index in [0.29, 0.717) is 18.5 Å². The number of benzene rings is 1. The maximum Gasteiger partial charge on any atom is 0.306 e. The Hall–Kier alpha value is -1.13. The molecule has 3 N–H and O–H groups in total. The molecule has 0 saturated carbocycles. The van der Waals surface area contributed by atoms with Crippen LogP contribution in [-0.2, 0) is 11.2 Å². The Balaban J connectivity index is 2.71. The van der Waals surface area contributed by atoms with Crippen molar-refractivity contribution in [1.29, 1.82) is 0 Å². The second-order valence-corrected chi connectivity index (χ2v) is 4.61. The van der Waals surface area contributed by atoms with E-state index in [0.717, 1.165) is 12.8 Å². The van der Waals surface area contributed by atoms with Gasteiger partial charge in [-0.25, -0.2) is 4.39 Å². The van der Waals surface area contributed by atoms with Crippen molar-refractivity contribution in [3.8, 4) is 0 Å². The van der Waals surface area contributed by atoms with Crippen LogP contribution in [-0.4, -0.2) is 17.6 Å². The summed E-state index contributed by atoms with van der Waals surface area (Å²) in [5, 5.41) is 9.14. The summed E-state index contributed by atoms with van der Waals surface area (Å²) in [5.74, 6) is -1.94. The van der Waals surface area contributed by atoms with Gasteiger partial charge in [0, 0.05) is 0 Å². The molecule has 0 aromatic heterocycles. The van der Waals surface area contributed by atoms with Gasteiger partial charge in [-0.1, -0.05) is 30.2 Å². The van der Waals surface area contributed by atoms with Crippen molar-refractivity contribution in [2.45, 2.75) is 25.7 Å². The zero-order chi connectivity index (χ0) is 13.5. The summed E-state index contributed by atoms with van der Waals surface area (Å²) in [7, 11) is 0. The van der Waals surface area contributed by atoms with Crippen LogP contribution in [0.15, 0.2) is 18.2 Å². The van der Waals surface area contributed by atoms with Crippen molar-refractivity contribution in [3.05, 3.63) is 34.6 Å². The molecule has 1 aromatic rings. The lowest BCUT2D eigenvalue weighted by molar-refractivity contribution is -0.142. The van der Waals surface area contributed by atoms with Crippen LogP contribution in [0.2, 0.25) is 5.02 Å². The van der Waals surface area contributed by atoms with Crippen LogP contribution >= 0.6 is 11.6 Å². The van der Waals surface area contributed by atoms with Gasteiger partial charge in [0.1, 0.15) is 5.82 Å². The number of carbonyl (C=O) groups is 1. The molecular formula is C13H17ClFNO2. The molecule has 0 amide bonds. The van der Waals surface area contributed by atoms with Gasteiger partial charge in [-0.15, -0.1) is 0 Å². The molecule has 0 heterocycles. The van der Waals surface area contributed by atoms with Crippen molar-refractivity contribution in [2.24, 2.45) is 11.7 Å². The first-order valence-electron chi connectivity index (χ1n) is 5.92. The largest absolute Gasteiger partial charge is 0.481 e. The van der Waals surface area contributed by atoms with Crippen LogP contribution in [0.5, 0.6) is 0 Å². The van der Waals surface area contributed by atoms with Gasteiger partial charge >= 0.3 is 5.97 Å². The van der Waals surface area contributed by atoms with Gasteiger partial charge in [0.15, 0.2) is 0 Å². The first kappa shape index (κ1) is 14.9. The van der Waals surface area contributed by atoms with Gasteiger partial charge in [-0.3, -0.25) is 4.79 Å². The van der Waals surface area contributed by atoms with Gasteiger partial charge in [0.25, 0.3) is 0 Å². The molecular weight excluding hydrogens is 257 g/mol. The maximum absolute atomic E-state index is 13.2. The lowest BCUT2D eigenvalue weighted by Gasteiger charge is -2.13. The summed E-state index contributed by atoms with van der Waals surface area (Å²) < 4.78 is 13.2. The van der Waals surface area contributed by atoms with Crippen molar-refractivity contribution in [2.75, 3.05) is 6.54 Å². The minimum absolute atomic E-state index is 0.0163. The van der Waals surface area contributed by atoms with Crippen molar-refractivity contribution in [1.82, 2.24) is 0 Å². The minimum Gasteiger partial charge on any atom is -0.481 e. The van der Waals surface area contributed by atoms with E-state index in [9.17, 15) is 9.18 Å². The highest BCUT2D eigenvalue weighted by Gasteiger charge is 2.19. The lowest BCUT2D eigenvalue weighted by atomic mass is 9.94. The second kappa shape index (κ2) is 7.34. The molecule has 0 aliphatic rings. The highest BCUT2D eigenvalue weighted by atomic mass is 35.5. The third kappa shape index (κ3) is 4.27. The van der Waals surface area contributed by atoms with Gasteiger partial charge in [-0.05, 0) is 37.4 Å². The predicted molar refractivity (Wildman–Crippen MR) is 69.1 cm³/mol. The van der Waals surface area contributed by atoms with E-state index in [1.54, 1.807) is 6.07 Å². The maximum atomic E-state index is 13.2. The molecule has 0 spiro atoms. The Labute approximate surface area is 111 Å². The Morgan fingerprint density at radius 2 is 2.17 bits per heavy atom. The molecule has 18 heavy (non-hydrogen) atoms. The topological polar surface area (TPSA) is 63.3 Å². The Morgan fingerprint density at radius 1 is 1.44 bits per heavy atom.